The summed E-state index contributed by atoms with van der Waals surface area (Å²) < 4.78 is 10.2. The number of methoxy groups -OCH3 is 1. The van der Waals surface area contributed by atoms with Gasteiger partial charge in [0.25, 0.3) is 0 Å². The minimum absolute atomic E-state index is 0.00424. The van der Waals surface area contributed by atoms with Crippen molar-refractivity contribution in [3.63, 3.8) is 0 Å². The van der Waals surface area contributed by atoms with Crippen LogP contribution >= 0.6 is 11.3 Å². The third kappa shape index (κ3) is 2.49. The van der Waals surface area contributed by atoms with Crippen molar-refractivity contribution in [1.29, 1.82) is 0 Å². The highest BCUT2D eigenvalue weighted by atomic mass is 32.1. The number of carbonyl (C=O) groups is 1. The van der Waals surface area contributed by atoms with E-state index in [1.54, 1.807) is 23.8 Å². The van der Waals surface area contributed by atoms with Crippen LogP contribution in [-0.2, 0) is 4.74 Å². The highest BCUT2D eigenvalue weighted by Crippen LogP contribution is 2.38. The largest absolute Gasteiger partial charge is 0.477 e. The average Bonchev–Trinajstić information content (AvgIpc) is 2.81. The minimum atomic E-state index is -1.01. The van der Waals surface area contributed by atoms with Crippen LogP contribution < -0.4 is 4.74 Å². The van der Waals surface area contributed by atoms with Crippen LogP contribution in [0, 0.1) is 0 Å². The van der Waals surface area contributed by atoms with Crippen LogP contribution in [0.25, 0.3) is 11.1 Å². The van der Waals surface area contributed by atoms with Crippen molar-refractivity contribution < 1.29 is 19.4 Å². The van der Waals surface area contributed by atoms with E-state index in [0.29, 0.717) is 11.3 Å². The van der Waals surface area contributed by atoms with Crippen molar-refractivity contribution in [3.8, 4) is 16.9 Å². The van der Waals surface area contributed by atoms with Crippen LogP contribution in [0.3, 0.4) is 0 Å². The zero-order valence-corrected chi connectivity index (χ0v) is 10.4. The van der Waals surface area contributed by atoms with Gasteiger partial charge in [-0.1, -0.05) is 6.07 Å². The molecular weight excluding hydrogens is 254 g/mol. The van der Waals surface area contributed by atoms with Crippen molar-refractivity contribution in [2.24, 2.45) is 0 Å². The first kappa shape index (κ1) is 12.5. The molecule has 1 N–H and O–H groups in total. The average molecular weight is 265 g/mol. The highest BCUT2D eigenvalue weighted by Gasteiger charge is 2.20. The lowest BCUT2D eigenvalue weighted by molar-refractivity contribution is 0.0493. The van der Waals surface area contributed by atoms with Crippen LogP contribution in [0.15, 0.2) is 29.9 Å². The molecule has 0 aliphatic heterocycles. The molecule has 0 atom stereocenters. The molecule has 2 rings (SSSR count). The number of rotatable bonds is 5. The van der Waals surface area contributed by atoms with Crippen molar-refractivity contribution in [1.82, 2.24) is 4.98 Å². The van der Waals surface area contributed by atoms with Crippen LogP contribution in [0.2, 0.25) is 0 Å². The van der Waals surface area contributed by atoms with Gasteiger partial charge in [-0.05, 0) is 6.07 Å². The van der Waals surface area contributed by atoms with Crippen molar-refractivity contribution in [2.75, 3.05) is 13.9 Å². The monoisotopic (exact) mass is 265 g/mol. The van der Waals surface area contributed by atoms with Gasteiger partial charge in [0.2, 0.25) is 0 Å². The normalized spacial score (nSPS) is 10.3. The number of carboxylic acid groups (broad SMARTS) is 1. The first-order chi connectivity index (χ1) is 8.74. The molecule has 18 heavy (non-hydrogen) atoms. The summed E-state index contributed by atoms with van der Waals surface area (Å²) in [5.74, 6) is -0.691. The fraction of sp³-hybridized carbons (Fsp3) is 0.167. The Labute approximate surface area is 108 Å². The Morgan fingerprint density at radius 2 is 2.39 bits per heavy atom. The summed E-state index contributed by atoms with van der Waals surface area (Å²) in [4.78, 5) is 15.3. The molecule has 0 aliphatic rings. The lowest BCUT2D eigenvalue weighted by Gasteiger charge is -2.07. The van der Waals surface area contributed by atoms with Gasteiger partial charge in [-0.3, -0.25) is 4.98 Å². The lowest BCUT2D eigenvalue weighted by Crippen LogP contribution is -2.03. The summed E-state index contributed by atoms with van der Waals surface area (Å²) in [5.41, 5.74) is 1.52. The van der Waals surface area contributed by atoms with E-state index in [4.69, 9.17) is 14.6 Å². The molecule has 0 radical (unpaired) electrons. The number of pyridine rings is 1. The number of carboxylic acids is 1. The number of hydrogen-bond acceptors (Lipinski definition) is 5. The van der Waals surface area contributed by atoms with Crippen molar-refractivity contribution in [2.45, 2.75) is 0 Å². The molecular formula is C12H11NO4S. The van der Waals surface area contributed by atoms with Gasteiger partial charge in [0, 0.05) is 36.0 Å². The van der Waals surface area contributed by atoms with Gasteiger partial charge in [0.15, 0.2) is 17.4 Å². The summed E-state index contributed by atoms with van der Waals surface area (Å²) in [6.07, 6.45) is 3.32. The number of hydrogen-bond donors (Lipinski definition) is 1. The highest BCUT2D eigenvalue weighted by molar-refractivity contribution is 7.12. The SMILES string of the molecule is COCOc1c(-c2cccnc2)csc1C(=O)O. The lowest BCUT2D eigenvalue weighted by atomic mass is 10.1. The second-order valence-corrected chi connectivity index (χ2v) is 4.28. The molecule has 2 aromatic heterocycles. The molecule has 0 amide bonds. The summed E-state index contributed by atoms with van der Waals surface area (Å²) in [7, 11) is 1.48. The number of thiophene rings is 1. The molecule has 0 spiro atoms. The Hall–Kier alpha value is -1.92. The predicted octanol–water partition coefficient (Wildman–Crippen LogP) is 2.49. The maximum Gasteiger partial charge on any atom is 0.349 e. The number of nitrogens with zero attached hydrogens (tertiary/aromatic N) is 1. The van der Waals surface area contributed by atoms with Gasteiger partial charge >= 0.3 is 5.97 Å². The molecule has 2 aromatic rings. The molecule has 0 unspecified atom stereocenters. The van der Waals surface area contributed by atoms with Crippen LogP contribution in [0.4, 0.5) is 0 Å². The Bertz CT molecular complexity index is 538. The fourth-order valence-electron chi connectivity index (χ4n) is 1.48. The summed E-state index contributed by atoms with van der Waals surface area (Å²) >= 11 is 1.12. The number of aromatic carboxylic acids is 1. The van der Waals surface area contributed by atoms with E-state index < -0.39 is 5.97 Å². The van der Waals surface area contributed by atoms with Crippen LogP contribution in [0.5, 0.6) is 5.75 Å². The Morgan fingerprint density at radius 3 is 3.00 bits per heavy atom. The molecule has 5 nitrogen and oxygen atoms in total. The van der Waals surface area contributed by atoms with Crippen molar-refractivity contribution >= 4 is 17.3 Å². The molecule has 0 aromatic carbocycles. The summed E-state index contributed by atoms with van der Waals surface area (Å²) in [6.45, 7) is 0.00424. The molecule has 0 bridgehead atoms. The van der Waals surface area contributed by atoms with Gasteiger partial charge in [-0.2, -0.15) is 0 Å². The van der Waals surface area contributed by atoms with E-state index in [0.717, 1.165) is 16.9 Å². The van der Waals surface area contributed by atoms with E-state index in [1.807, 2.05) is 6.07 Å². The quantitative estimate of drug-likeness (QED) is 0.841. The van der Waals surface area contributed by atoms with E-state index in [9.17, 15) is 4.79 Å². The number of ether oxygens (including phenoxy) is 2. The maximum absolute atomic E-state index is 11.1. The second kappa shape index (κ2) is 5.61. The Kier molecular flexibility index (Phi) is 3.91. The Balaban J connectivity index is 2.44. The maximum atomic E-state index is 11.1. The third-order valence-electron chi connectivity index (χ3n) is 2.23. The first-order valence-corrected chi connectivity index (χ1v) is 5.99. The van der Waals surface area contributed by atoms with Gasteiger partial charge < -0.3 is 14.6 Å². The van der Waals surface area contributed by atoms with Gasteiger partial charge in [0.05, 0.1) is 0 Å². The molecule has 2 heterocycles. The van der Waals surface area contributed by atoms with E-state index in [2.05, 4.69) is 4.98 Å². The fourth-order valence-corrected chi connectivity index (χ4v) is 2.33. The third-order valence-corrected chi connectivity index (χ3v) is 3.18. The van der Waals surface area contributed by atoms with Gasteiger partial charge in [-0.25, -0.2) is 4.79 Å². The van der Waals surface area contributed by atoms with Gasteiger partial charge in [-0.15, -0.1) is 11.3 Å². The standard InChI is InChI=1S/C12H11NO4S/c1-16-7-17-10-9(6-18-11(10)12(14)15)8-3-2-4-13-5-8/h2-6H,7H2,1H3,(H,14,15). The first-order valence-electron chi connectivity index (χ1n) is 5.11. The molecule has 0 saturated heterocycles. The zero-order chi connectivity index (χ0) is 13.0. The molecule has 6 heteroatoms. The molecule has 0 fully saturated rings. The molecule has 0 saturated carbocycles. The smallest absolute Gasteiger partial charge is 0.349 e. The number of aromatic nitrogens is 1. The Morgan fingerprint density at radius 1 is 1.56 bits per heavy atom. The summed E-state index contributed by atoms with van der Waals surface area (Å²) in [5, 5.41) is 10.8. The van der Waals surface area contributed by atoms with Crippen LogP contribution in [-0.4, -0.2) is 30.0 Å². The minimum Gasteiger partial charge on any atom is -0.477 e. The van der Waals surface area contributed by atoms with E-state index in [1.165, 1.54) is 7.11 Å². The topological polar surface area (TPSA) is 68.7 Å². The van der Waals surface area contributed by atoms with E-state index in [-0.39, 0.29) is 11.7 Å². The molecule has 94 valence electrons. The molecule has 0 aliphatic carbocycles. The summed E-state index contributed by atoms with van der Waals surface area (Å²) in [6, 6.07) is 3.63. The van der Waals surface area contributed by atoms with Gasteiger partial charge in [0.1, 0.15) is 0 Å². The zero-order valence-electron chi connectivity index (χ0n) is 9.62. The second-order valence-electron chi connectivity index (χ2n) is 3.41. The predicted molar refractivity (Wildman–Crippen MR) is 67.0 cm³/mol. The van der Waals surface area contributed by atoms with E-state index >= 15 is 0 Å². The van der Waals surface area contributed by atoms with Crippen LogP contribution in [0.1, 0.15) is 9.67 Å². The van der Waals surface area contributed by atoms with Crippen molar-refractivity contribution in [3.05, 3.63) is 34.8 Å².